The summed E-state index contributed by atoms with van der Waals surface area (Å²) in [6, 6.07) is -1.76. The van der Waals surface area contributed by atoms with E-state index in [9.17, 15) is 24.6 Å². The van der Waals surface area contributed by atoms with Crippen LogP contribution in [0.4, 0.5) is 0 Å². The number of aliphatic hydroxyl groups is 1. The van der Waals surface area contributed by atoms with E-state index in [1.165, 1.54) is 4.90 Å². The molecule has 3 heterocycles. The first-order valence-corrected chi connectivity index (χ1v) is 11.3. The van der Waals surface area contributed by atoms with E-state index in [0.717, 1.165) is 0 Å². The van der Waals surface area contributed by atoms with Gasteiger partial charge < -0.3 is 24.7 Å². The molecule has 168 valence electrons. The maximum Gasteiger partial charge on any atom is 0.310 e. The molecule has 3 saturated heterocycles. The van der Waals surface area contributed by atoms with Crippen molar-refractivity contribution in [3.05, 3.63) is 12.7 Å². The summed E-state index contributed by atoms with van der Waals surface area (Å²) in [5.74, 6) is -3.93. The van der Waals surface area contributed by atoms with Crippen molar-refractivity contribution in [3.8, 4) is 0 Å². The molecule has 9 heteroatoms. The number of ether oxygens (including phenoxy) is 1. The van der Waals surface area contributed by atoms with Gasteiger partial charge in [0.05, 0.1) is 30.6 Å². The minimum atomic E-state index is -1.23. The lowest BCUT2D eigenvalue weighted by Gasteiger charge is -2.41. The van der Waals surface area contributed by atoms with E-state index < -0.39 is 47.5 Å². The Morgan fingerprint density at radius 1 is 1.40 bits per heavy atom. The Balaban J connectivity index is 2.16. The number of fused-ring (bicyclic) bond motifs is 1. The number of hydrogen-bond donors (Lipinski definition) is 2. The van der Waals surface area contributed by atoms with Crippen LogP contribution in [0.5, 0.6) is 0 Å². The van der Waals surface area contributed by atoms with E-state index in [0.29, 0.717) is 13.0 Å². The normalized spacial score (nSPS) is 35.8. The van der Waals surface area contributed by atoms with E-state index in [4.69, 9.17) is 4.74 Å². The first-order valence-electron chi connectivity index (χ1n) is 10.4. The third-order valence-electron chi connectivity index (χ3n) is 6.79. The third-order valence-corrected chi connectivity index (χ3v) is 7.64. The highest BCUT2D eigenvalue weighted by atomic mass is 79.9. The van der Waals surface area contributed by atoms with Gasteiger partial charge in [-0.15, -0.1) is 6.58 Å². The fourth-order valence-corrected chi connectivity index (χ4v) is 6.40. The van der Waals surface area contributed by atoms with Crippen molar-refractivity contribution in [3.63, 3.8) is 0 Å². The van der Waals surface area contributed by atoms with Gasteiger partial charge in [0.1, 0.15) is 11.6 Å². The molecule has 3 fully saturated rings. The monoisotopic (exact) mass is 486 g/mol. The molecule has 0 aromatic rings. The molecule has 7 atom stereocenters. The number of likely N-dealkylation sites (tertiary alicyclic amines) is 1. The summed E-state index contributed by atoms with van der Waals surface area (Å²) >= 11 is 3.52. The average Bonchev–Trinajstić information content (AvgIpc) is 3.23. The van der Waals surface area contributed by atoms with Gasteiger partial charge in [-0.05, 0) is 26.2 Å². The van der Waals surface area contributed by atoms with Gasteiger partial charge in [-0.25, -0.2) is 0 Å². The highest BCUT2D eigenvalue weighted by Gasteiger charge is 2.77. The number of carboxylic acids is 1. The summed E-state index contributed by atoms with van der Waals surface area (Å²) in [5.41, 5.74) is -1.23. The molecule has 0 aromatic heterocycles. The fraction of sp³-hybridized carbons (Fsp3) is 0.762. The van der Waals surface area contributed by atoms with Crippen LogP contribution in [0.3, 0.4) is 0 Å². The van der Waals surface area contributed by atoms with Gasteiger partial charge in [0, 0.05) is 17.4 Å². The third kappa shape index (κ3) is 3.20. The van der Waals surface area contributed by atoms with E-state index in [-0.39, 0.29) is 29.3 Å². The van der Waals surface area contributed by atoms with Crippen molar-refractivity contribution in [1.29, 1.82) is 0 Å². The predicted octanol–water partition coefficient (Wildman–Crippen LogP) is 1.26. The van der Waals surface area contributed by atoms with Crippen LogP contribution in [0.2, 0.25) is 0 Å². The van der Waals surface area contributed by atoms with Gasteiger partial charge in [0.25, 0.3) is 0 Å². The van der Waals surface area contributed by atoms with E-state index >= 15 is 0 Å². The number of nitrogens with zero attached hydrogens (tertiary/aromatic N) is 2. The summed E-state index contributed by atoms with van der Waals surface area (Å²) in [5, 5.41) is 20.0. The largest absolute Gasteiger partial charge is 0.481 e. The number of rotatable bonds is 8. The summed E-state index contributed by atoms with van der Waals surface area (Å²) in [6.07, 6.45) is 1.31. The van der Waals surface area contributed by atoms with Gasteiger partial charge in [-0.1, -0.05) is 35.9 Å². The fourth-order valence-electron chi connectivity index (χ4n) is 5.46. The number of aliphatic carboxylic acids is 1. The van der Waals surface area contributed by atoms with Crippen molar-refractivity contribution in [1.82, 2.24) is 9.80 Å². The second kappa shape index (κ2) is 8.24. The molecule has 2 N–H and O–H groups in total. The number of aliphatic hydroxyl groups excluding tert-OH is 1. The van der Waals surface area contributed by atoms with E-state index in [1.807, 2.05) is 27.7 Å². The number of amides is 2. The van der Waals surface area contributed by atoms with E-state index in [1.54, 1.807) is 11.0 Å². The number of carboxylic acid groups (broad SMARTS) is 1. The van der Waals surface area contributed by atoms with Crippen molar-refractivity contribution in [2.75, 3.05) is 13.2 Å². The molecule has 3 aliphatic rings. The summed E-state index contributed by atoms with van der Waals surface area (Å²) < 4.78 is 6.24. The van der Waals surface area contributed by atoms with Crippen LogP contribution in [-0.4, -0.2) is 85.6 Å². The Morgan fingerprint density at radius 3 is 2.50 bits per heavy atom. The van der Waals surface area contributed by atoms with Crippen molar-refractivity contribution in [2.24, 2.45) is 17.8 Å². The lowest BCUT2D eigenvalue weighted by atomic mass is 9.70. The van der Waals surface area contributed by atoms with Crippen LogP contribution in [-0.2, 0) is 19.1 Å². The van der Waals surface area contributed by atoms with Gasteiger partial charge in [-0.2, -0.15) is 0 Å². The van der Waals surface area contributed by atoms with Gasteiger partial charge in [0.2, 0.25) is 11.8 Å². The summed E-state index contributed by atoms with van der Waals surface area (Å²) in [6.45, 7) is 11.2. The molecule has 8 nitrogen and oxygen atoms in total. The maximum absolute atomic E-state index is 13.8. The zero-order valence-corrected chi connectivity index (χ0v) is 19.4. The molecule has 3 rings (SSSR count). The molecule has 0 radical (unpaired) electrons. The van der Waals surface area contributed by atoms with Crippen LogP contribution in [0.1, 0.15) is 34.1 Å². The Labute approximate surface area is 185 Å². The van der Waals surface area contributed by atoms with Crippen LogP contribution in [0.25, 0.3) is 0 Å². The lowest BCUT2D eigenvalue weighted by molar-refractivity contribution is -0.154. The Morgan fingerprint density at radius 2 is 2.03 bits per heavy atom. The molecule has 0 aliphatic carbocycles. The van der Waals surface area contributed by atoms with Gasteiger partial charge in [-0.3, -0.25) is 14.4 Å². The topological polar surface area (TPSA) is 107 Å². The van der Waals surface area contributed by atoms with Crippen LogP contribution in [0.15, 0.2) is 12.7 Å². The zero-order chi connectivity index (χ0) is 22.5. The quantitative estimate of drug-likeness (QED) is 0.395. The van der Waals surface area contributed by atoms with Crippen molar-refractivity contribution < 1.29 is 29.3 Å². The number of carbonyl (C=O) groups excluding carboxylic acids is 2. The highest BCUT2D eigenvalue weighted by molar-refractivity contribution is 9.09. The molecule has 1 spiro atoms. The summed E-state index contributed by atoms with van der Waals surface area (Å²) in [4.78, 5) is 42.3. The number of alkyl halides is 1. The zero-order valence-electron chi connectivity index (χ0n) is 17.8. The molecular weight excluding hydrogens is 456 g/mol. The Hall–Kier alpha value is -1.45. The standard InChI is InChI=1S/C21H31BrN2O6/c1-6-7-23(11(4)5)19(27)17-21-8-12(22)16(30-21)14(20(28)29)15(21)18(26)24(17)13(9-25)10(2)3/h6,10-17,25H,1,7-9H2,2-5H3,(H,28,29)/t12?,13-,14-,15+,16-,17-,21+/m0/s1. The van der Waals surface area contributed by atoms with Gasteiger partial charge >= 0.3 is 5.97 Å². The molecule has 2 bridgehead atoms. The predicted molar refractivity (Wildman–Crippen MR) is 113 cm³/mol. The van der Waals surface area contributed by atoms with E-state index in [2.05, 4.69) is 22.5 Å². The molecule has 0 aromatic carbocycles. The van der Waals surface area contributed by atoms with Crippen LogP contribution >= 0.6 is 15.9 Å². The molecule has 30 heavy (non-hydrogen) atoms. The van der Waals surface area contributed by atoms with Crippen molar-refractivity contribution in [2.45, 2.75) is 68.8 Å². The number of halogens is 1. The minimum Gasteiger partial charge on any atom is -0.481 e. The summed E-state index contributed by atoms with van der Waals surface area (Å²) in [7, 11) is 0. The van der Waals surface area contributed by atoms with Gasteiger partial charge in [0.15, 0.2) is 0 Å². The maximum atomic E-state index is 13.8. The Bertz CT molecular complexity index is 743. The minimum absolute atomic E-state index is 0.128. The first kappa shape index (κ1) is 23.2. The first-order chi connectivity index (χ1) is 14.0. The Kier molecular flexibility index (Phi) is 6.38. The molecule has 1 unspecified atom stereocenters. The van der Waals surface area contributed by atoms with Crippen molar-refractivity contribution >= 4 is 33.7 Å². The second-order valence-electron chi connectivity index (χ2n) is 9.11. The number of carbonyl (C=O) groups is 3. The SMILES string of the molecule is C=CCN(C(=O)[C@@H]1N([C@@H](CO)C(C)C)C(=O)[C@H]2[C@H](C(=O)O)[C@H]3O[C@@]12CC3Br)C(C)C. The molecule has 0 saturated carbocycles. The molecule has 3 aliphatic heterocycles. The smallest absolute Gasteiger partial charge is 0.310 e. The van der Waals surface area contributed by atoms with Crippen LogP contribution in [0, 0.1) is 17.8 Å². The van der Waals surface area contributed by atoms with Crippen LogP contribution < -0.4 is 0 Å². The lowest BCUT2D eigenvalue weighted by Crippen LogP contribution is -2.60. The second-order valence-corrected chi connectivity index (χ2v) is 10.3. The highest BCUT2D eigenvalue weighted by Crippen LogP contribution is 2.60. The number of hydrogen-bond acceptors (Lipinski definition) is 5. The molecule has 2 amide bonds. The molecular formula is C21H31BrN2O6. The average molecular weight is 487 g/mol.